The third-order valence-electron chi connectivity index (χ3n) is 2.59. The van der Waals surface area contributed by atoms with Gasteiger partial charge in [-0.25, -0.2) is 4.98 Å². The Morgan fingerprint density at radius 1 is 1.33 bits per heavy atom. The van der Waals surface area contributed by atoms with Crippen molar-refractivity contribution in [2.75, 3.05) is 12.2 Å². The van der Waals surface area contributed by atoms with E-state index in [1.165, 1.54) is 12.5 Å². The number of carbonyl (C=O) groups is 1. The standard InChI is InChI=1S/C14H8F4N2O3S/c1-3-12-19-11(7-24-12)13(21)20(18)8-4-9(22-2)6-10(5-8)23-14(15,16)17/h1,4-7H,2H3. The molecule has 1 aromatic heterocycles. The van der Waals surface area contributed by atoms with Gasteiger partial charge in [0, 0.05) is 23.6 Å². The molecule has 1 heterocycles. The average Bonchev–Trinajstić information content (AvgIpc) is 3.00. The highest BCUT2D eigenvalue weighted by molar-refractivity contribution is 7.10. The lowest BCUT2D eigenvalue weighted by Crippen LogP contribution is -2.23. The number of carbonyl (C=O) groups excluding carboxylic acids is 1. The number of alkyl halides is 3. The Hall–Kier alpha value is -2.80. The molecular weight excluding hydrogens is 352 g/mol. The molecule has 0 bridgehead atoms. The zero-order chi connectivity index (χ0) is 17.9. The lowest BCUT2D eigenvalue weighted by Gasteiger charge is -2.15. The van der Waals surface area contributed by atoms with Gasteiger partial charge in [-0.05, 0) is 5.92 Å². The fraction of sp³-hybridized carbons (Fsp3) is 0.143. The number of nitrogens with zero attached hydrogens (tertiary/aromatic N) is 2. The molecule has 0 spiro atoms. The molecule has 1 aromatic carbocycles. The maximum absolute atomic E-state index is 14.3. The summed E-state index contributed by atoms with van der Waals surface area (Å²) in [7, 11) is 1.17. The molecule has 0 saturated carbocycles. The van der Waals surface area contributed by atoms with Gasteiger partial charge in [0.25, 0.3) is 0 Å². The largest absolute Gasteiger partial charge is 0.573 e. The number of aromatic nitrogens is 1. The minimum absolute atomic E-state index is 0.134. The van der Waals surface area contributed by atoms with Crippen molar-refractivity contribution in [3.63, 3.8) is 0 Å². The zero-order valence-electron chi connectivity index (χ0n) is 11.9. The molecule has 0 N–H and O–H groups in total. The Labute approximate surface area is 137 Å². The van der Waals surface area contributed by atoms with Crippen molar-refractivity contribution in [2.45, 2.75) is 6.36 Å². The van der Waals surface area contributed by atoms with Crippen molar-refractivity contribution in [2.24, 2.45) is 0 Å². The second-order valence-electron chi connectivity index (χ2n) is 4.18. The molecule has 126 valence electrons. The van der Waals surface area contributed by atoms with Crippen molar-refractivity contribution in [3.8, 4) is 23.8 Å². The van der Waals surface area contributed by atoms with E-state index in [0.29, 0.717) is 6.07 Å². The number of ether oxygens (including phenoxy) is 2. The van der Waals surface area contributed by atoms with Crippen LogP contribution in [0.5, 0.6) is 11.5 Å². The summed E-state index contributed by atoms with van der Waals surface area (Å²) in [5, 5.41) is 1.02. The molecule has 0 aliphatic heterocycles. The van der Waals surface area contributed by atoms with Gasteiger partial charge >= 0.3 is 12.3 Å². The molecule has 0 atom stereocenters. The molecule has 2 rings (SSSR count). The lowest BCUT2D eigenvalue weighted by atomic mass is 10.2. The topological polar surface area (TPSA) is 51.7 Å². The Balaban J connectivity index is 2.33. The first-order chi connectivity index (χ1) is 11.2. The lowest BCUT2D eigenvalue weighted by molar-refractivity contribution is -0.274. The smallest absolute Gasteiger partial charge is 0.497 e. The highest BCUT2D eigenvalue weighted by Crippen LogP contribution is 2.32. The van der Waals surface area contributed by atoms with Crippen LogP contribution in [0.2, 0.25) is 0 Å². The molecule has 10 heteroatoms. The SMILES string of the molecule is C#Cc1nc(C(=O)N(F)c2cc(OC)cc(OC(F)(F)F)c2)cs1. The Morgan fingerprint density at radius 3 is 2.54 bits per heavy atom. The van der Waals surface area contributed by atoms with Crippen LogP contribution in [0.1, 0.15) is 15.5 Å². The number of halogens is 4. The number of benzene rings is 1. The third kappa shape index (κ3) is 4.14. The van der Waals surface area contributed by atoms with Crippen LogP contribution >= 0.6 is 11.3 Å². The quantitative estimate of drug-likeness (QED) is 0.475. The van der Waals surface area contributed by atoms with E-state index in [1.807, 2.05) is 0 Å². The number of hydrogen-bond acceptors (Lipinski definition) is 5. The number of methoxy groups -OCH3 is 1. The molecule has 0 saturated heterocycles. The summed E-state index contributed by atoms with van der Waals surface area (Å²) in [6.45, 7) is 0. The number of amides is 1. The molecule has 5 nitrogen and oxygen atoms in total. The molecule has 0 aliphatic rings. The minimum atomic E-state index is -4.98. The van der Waals surface area contributed by atoms with Gasteiger partial charge in [-0.15, -0.1) is 36.1 Å². The van der Waals surface area contributed by atoms with E-state index in [2.05, 4.69) is 15.6 Å². The first kappa shape index (κ1) is 17.6. The Morgan fingerprint density at radius 2 is 2.00 bits per heavy atom. The highest BCUT2D eigenvalue weighted by Gasteiger charge is 2.32. The summed E-state index contributed by atoms with van der Waals surface area (Å²) < 4.78 is 59.7. The van der Waals surface area contributed by atoms with Crippen LogP contribution in [0.25, 0.3) is 0 Å². The first-order valence-electron chi connectivity index (χ1n) is 6.10. The van der Waals surface area contributed by atoms with E-state index in [-0.39, 0.29) is 21.6 Å². The molecule has 24 heavy (non-hydrogen) atoms. The normalized spacial score (nSPS) is 10.8. The Bertz CT molecular complexity index is 798. The first-order valence-corrected chi connectivity index (χ1v) is 6.98. The van der Waals surface area contributed by atoms with Gasteiger partial charge in [0.05, 0.1) is 12.8 Å². The molecule has 0 fully saturated rings. The van der Waals surface area contributed by atoms with Crippen molar-refractivity contribution in [1.29, 1.82) is 0 Å². The fourth-order valence-corrected chi connectivity index (χ4v) is 2.23. The molecule has 2 aromatic rings. The van der Waals surface area contributed by atoms with Gasteiger partial charge in [0.15, 0.2) is 5.01 Å². The van der Waals surface area contributed by atoms with Gasteiger partial charge in [0.1, 0.15) is 17.2 Å². The summed E-state index contributed by atoms with van der Waals surface area (Å²) in [5.74, 6) is 0.113. The van der Waals surface area contributed by atoms with E-state index in [0.717, 1.165) is 23.5 Å². The van der Waals surface area contributed by atoms with E-state index in [4.69, 9.17) is 11.2 Å². The van der Waals surface area contributed by atoms with Crippen LogP contribution < -0.4 is 14.6 Å². The number of rotatable bonds is 4. The van der Waals surface area contributed by atoms with E-state index >= 15 is 0 Å². The second-order valence-corrected chi connectivity index (χ2v) is 5.04. The number of anilines is 1. The number of hydrogen-bond donors (Lipinski definition) is 0. The predicted molar refractivity (Wildman–Crippen MR) is 77.6 cm³/mol. The summed E-state index contributed by atoms with van der Waals surface area (Å²) >= 11 is 0.950. The van der Waals surface area contributed by atoms with Crippen molar-refractivity contribution in [3.05, 3.63) is 34.3 Å². The van der Waals surface area contributed by atoms with Crippen LogP contribution in [-0.2, 0) is 0 Å². The molecule has 0 radical (unpaired) electrons. The summed E-state index contributed by atoms with van der Waals surface area (Å²) in [5.41, 5.74) is -0.801. The van der Waals surface area contributed by atoms with Gasteiger partial charge in [-0.3, -0.25) is 4.79 Å². The monoisotopic (exact) mass is 360 g/mol. The van der Waals surface area contributed by atoms with Crippen molar-refractivity contribution in [1.82, 2.24) is 4.98 Å². The molecular formula is C14H8F4N2O3S. The third-order valence-corrected chi connectivity index (χ3v) is 3.36. The maximum atomic E-state index is 14.3. The van der Waals surface area contributed by atoms with Gasteiger partial charge in [-0.2, -0.15) is 0 Å². The maximum Gasteiger partial charge on any atom is 0.573 e. The number of thiazole rings is 1. The van der Waals surface area contributed by atoms with Gasteiger partial charge in [0.2, 0.25) is 0 Å². The van der Waals surface area contributed by atoms with Crippen LogP contribution in [0, 0.1) is 12.3 Å². The highest BCUT2D eigenvalue weighted by atomic mass is 32.1. The minimum Gasteiger partial charge on any atom is -0.497 e. The van der Waals surface area contributed by atoms with Crippen LogP contribution in [0.15, 0.2) is 23.6 Å². The van der Waals surface area contributed by atoms with Crippen LogP contribution in [-0.4, -0.2) is 24.4 Å². The summed E-state index contributed by atoms with van der Waals surface area (Å²) in [4.78, 5) is 15.7. The summed E-state index contributed by atoms with van der Waals surface area (Å²) in [6.07, 6.45) is 0.126. The van der Waals surface area contributed by atoms with Crippen molar-refractivity contribution < 1.29 is 31.9 Å². The van der Waals surface area contributed by atoms with Crippen molar-refractivity contribution >= 4 is 22.9 Å². The molecule has 1 amide bonds. The van der Waals surface area contributed by atoms with E-state index in [1.54, 1.807) is 0 Å². The summed E-state index contributed by atoms with van der Waals surface area (Å²) in [6, 6.07) is 2.62. The molecule has 0 unspecified atom stereocenters. The van der Waals surface area contributed by atoms with Gasteiger partial charge < -0.3 is 9.47 Å². The van der Waals surface area contributed by atoms with E-state index in [9.17, 15) is 22.4 Å². The Kier molecular flexibility index (Phi) is 4.94. The fourth-order valence-electron chi connectivity index (χ4n) is 1.64. The number of terminal acetylenes is 1. The molecule has 0 aliphatic carbocycles. The van der Waals surface area contributed by atoms with Crippen LogP contribution in [0.3, 0.4) is 0 Å². The average molecular weight is 360 g/mol. The second kappa shape index (κ2) is 6.76. The van der Waals surface area contributed by atoms with Gasteiger partial charge in [-0.1, -0.05) is 4.48 Å². The predicted octanol–water partition coefficient (Wildman–Crippen LogP) is 3.56. The van der Waals surface area contributed by atoms with Crippen LogP contribution in [0.4, 0.5) is 23.3 Å². The van der Waals surface area contributed by atoms with E-state index < -0.39 is 23.7 Å². The zero-order valence-corrected chi connectivity index (χ0v) is 12.7.